The second kappa shape index (κ2) is 6.47. The van der Waals surface area contributed by atoms with Crippen LogP contribution in [-0.4, -0.2) is 22.5 Å². The molecule has 1 aliphatic rings. The number of hydrogen-bond acceptors (Lipinski definition) is 3. The van der Waals surface area contributed by atoms with E-state index in [1.54, 1.807) is 18.2 Å². The number of nitrogens with two attached hydrogens (primary N) is 1. The molecule has 1 aromatic carbocycles. The Morgan fingerprint density at radius 3 is 2.33 bits per heavy atom. The highest BCUT2D eigenvalue weighted by molar-refractivity contribution is 9.10. The van der Waals surface area contributed by atoms with Crippen molar-refractivity contribution >= 4 is 33.5 Å². The summed E-state index contributed by atoms with van der Waals surface area (Å²) in [6.07, 6.45) is 4.61. The number of anilines is 1. The van der Waals surface area contributed by atoms with Crippen LogP contribution in [0, 0.1) is 0 Å². The molecule has 2 rings (SSSR count). The maximum Gasteiger partial charge on any atom is 0.329 e. The molecule has 1 aromatic rings. The number of carbonyl (C=O) groups is 2. The lowest BCUT2D eigenvalue weighted by Gasteiger charge is -2.29. The zero-order chi connectivity index (χ0) is 15.5. The van der Waals surface area contributed by atoms with E-state index in [1.165, 1.54) is 0 Å². The molecule has 1 fully saturated rings. The van der Waals surface area contributed by atoms with Gasteiger partial charge in [0.15, 0.2) is 0 Å². The van der Waals surface area contributed by atoms with Gasteiger partial charge in [-0.1, -0.05) is 25.7 Å². The summed E-state index contributed by atoms with van der Waals surface area (Å²) in [5.41, 5.74) is 5.48. The van der Waals surface area contributed by atoms with E-state index in [4.69, 9.17) is 5.73 Å². The van der Waals surface area contributed by atoms with Crippen LogP contribution in [0.4, 0.5) is 5.69 Å². The molecule has 0 spiro atoms. The number of amides is 1. The Hall–Kier alpha value is -1.56. The largest absolute Gasteiger partial charge is 0.480 e. The normalized spacial score (nSPS) is 17.8. The molecule has 6 heteroatoms. The van der Waals surface area contributed by atoms with Crippen LogP contribution >= 0.6 is 15.9 Å². The average molecular weight is 355 g/mol. The van der Waals surface area contributed by atoms with Gasteiger partial charge in [-0.3, -0.25) is 4.79 Å². The number of carboxylic acids is 1. The smallest absolute Gasteiger partial charge is 0.329 e. The van der Waals surface area contributed by atoms with E-state index in [-0.39, 0.29) is 5.91 Å². The molecule has 0 atom stereocenters. The molecule has 0 radical (unpaired) electrons. The Kier molecular flexibility index (Phi) is 4.88. The van der Waals surface area contributed by atoms with Gasteiger partial charge in [-0.25, -0.2) is 4.79 Å². The Labute approximate surface area is 132 Å². The van der Waals surface area contributed by atoms with E-state index in [1.807, 2.05) is 0 Å². The molecule has 0 heterocycles. The Morgan fingerprint density at radius 2 is 1.81 bits per heavy atom. The van der Waals surface area contributed by atoms with Crippen LogP contribution in [0.15, 0.2) is 22.7 Å². The van der Waals surface area contributed by atoms with Crippen molar-refractivity contribution in [3.8, 4) is 0 Å². The maximum absolute atomic E-state index is 12.4. The predicted molar refractivity (Wildman–Crippen MR) is 84.1 cm³/mol. The van der Waals surface area contributed by atoms with Gasteiger partial charge in [-0.2, -0.15) is 0 Å². The second-order valence-electron chi connectivity index (χ2n) is 5.49. The van der Waals surface area contributed by atoms with E-state index < -0.39 is 11.5 Å². The third-order valence-electron chi connectivity index (χ3n) is 3.98. The molecular weight excluding hydrogens is 336 g/mol. The second-order valence-corrected chi connectivity index (χ2v) is 6.35. The number of aliphatic carboxylic acids is 1. The van der Waals surface area contributed by atoms with E-state index in [9.17, 15) is 14.7 Å². The van der Waals surface area contributed by atoms with E-state index in [0.29, 0.717) is 28.6 Å². The molecule has 21 heavy (non-hydrogen) atoms. The molecule has 114 valence electrons. The summed E-state index contributed by atoms with van der Waals surface area (Å²) in [5.74, 6) is -1.33. The summed E-state index contributed by atoms with van der Waals surface area (Å²) in [7, 11) is 0. The fourth-order valence-corrected chi connectivity index (χ4v) is 3.06. The Morgan fingerprint density at radius 1 is 1.19 bits per heavy atom. The van der Waals surface area contributed by atoms with E-state index >= 15 is 0 Å². The fraction of sp³-hybridized carbons (Fsp3) is 0.467. The summed E-state index contributed by atoms with van der Waals surface area (Å²) in [6.45, 7) is 0. The topological polar surface area (TPSA) is 92.4 Å². The van der Waals surface area contributed by atoms with Crippen molar-refractivity contribution in [2.24, 2.45) is 0 Å². The fourth-order valence-electron chi connectivity index (χ4n) is 2.68. The van der Waals surface area contributed by atoms with Gasteiger partial charge in [-0.15, -0.1) is 0 Å². The van der Waals surface area contributed by atoms with Crippen LogP contribution in [0.5, 0.6) is 0 Å². The number of rotatable bonds is 3. The van der Waals surface area contributed by atoms with Gasteiger partial charge in [0.05, 0.1) is 0 Å². The summed E-state index contributed by atoms with van der Waals surface area (Å²) in [6, 6.07) is 4.83. The van der Waals surface area contributed by atoms with Gasteiger partial charge in [0.25, 0.3) is 5.91 Å². The van der Waals surface area contributed by atoms with Gasteiger partial charge in [0.2, 0.25) is 0 Å². The summed E-state index contributed by atoms with van der Waals surface area (Å²) >= 11 is 3.27. The zero-order valence-corrected chi connectivity index (χ0v) is 13.3. The van der Waals surface area contributed by atoms with Crippen molar-refractivity contribution < 1.29 is 14.7 Å². The number of nitrogen functional groups attached to an aromatic ring is 1. The minimum atomic E-state index is -1.15. The van der Waals surface area contributed by atoms with Crippen LogP contribution in [0.1, 0.15) is 48.9 Å². The maximum atomic E-state index is 12.4. The van der Waals surface area contributed by atoms with Crippen molar-refractivity contribution in [1.82, 2.24) is 5.32 Å². The van der Waals surface area contributed by atoms with Crippen LogP contribution in [0.3, 0.4) is 0 Å². The predicted octanol–water partition coefficient (Wildman–Crippen LogP) is 2.94. The van der Waals surface area contributed by atoms with Crippen LogP contribution in [0.25, 0.3) is 0 Å². The number of hydrogen-bond donors (Lipinski definition) is 3. The Bertz CT molecular complexity index is 552. The first-order chi connectivity index (χ1) is 9.94. The minimum Gasteiger partial charge on any atom is -0.480 e. The number of carbonyl (C=O) groups excluding carboxylic acids is 1. The summed E-state index contributed by atoms with van der Waals surface area (Å²) < 4.78 is 0.625. The lowest BCUT2D eigenvalue weighted by molar-refractivity contribution is -0.145. The third-order valence-corrected chi connectivity index (χ3v) is 4.67. The summed E-state index contributed by atoms with van der Waals surface area (Å²) in [5, 5.41) is 12.3. The number of nitrogens with one attached hydrogen (secondary N) is 1. The third kappa shape index (κ3) is 3.56. The lowest BCUT2D eigenvalue weighted by Crippen LogP contribution is -2.54. The molecule has 0 saturated heterocycles. The molecule has 5 nitrogen and oxygen atoms in total. The van der Waals surface area contributed by atoms with Crippen molar-refractivity contribution in [3.05, 3.63) is 28.2 Å². The lowest BCUT2D eigenvalue weighted by atomic mass is 9.90. The van der Waals surface area contributed by atoms with Crippen molar-refractivity contribution in [2.75, 3.05) is 5.73 Å². The zero-order valence-electron chi connectivity index (χ0n) is 11.7. The average Bonchev–Trinajstić information content (AvgIpc) is 2.68. The van der Waals surface area contributed by atoms with Crippen molar-refractivity contribution in [3.63, 3.8) is 0 Å². The first-order valence-corrected chi connectivity index (χ1v) is 7.85. The van der Waals surface area contributed by atoms with Crippen molar-refractivity contribution in [1.29, 1.82) is 0 Å². The van der Waals surface area contributed by atoms with Gasteiger partial charge in [-0.05, 0) is 47.0 Å². The highest BCUT2D eigenvalue weighted by Crippen LogP contribution is 2.28. The van der Waals surface area contributed by atoms with Gasteiger partial charge >= 0.3 is 5.97 Å². The number of carboxylic acid groups (broad SMARTS) is 1. The molecule has 4 N–H and O–H groups in total. The quantitative estimate of drug-likeness (QED) is 0.574. The van der Waals surface area contributed by atoms with Crippen LogP contribution < -0.4 is 11.1 Å². The summed E-state index contributed by atoms with van der Waals surface area (Å²) in [4.78, 5) is 24.0. The van der Waals surface area contributed by atoms with Gasteiger partial charge in [0, 0.05) is 15.7 Å². The SMILES string of the molecule is Nc1ccc(C(=O)NC2(C(=O)O)CCCCCC2)cc1Br. The first-order valence-electron chi connectivity index (χ1n) is 7.05. The minimum absolute atomic E-state index is 0.375. The first kappa shape index (κ1) is 15.8. The Balaban J connectivity index is 2.21. The van der Waals surface area contributed by atoms with Crippen molar-refractivity contribution in [2.45, 2.75) is 44.1 Å². The molecule has 0 bridgehead atoms. The number of benzene rings is 1. The molecule has 1 aliphatic carbocycles. The standard InChI is InChI=1S/C15H19BrN2O3/c16-11-9-10(5-6-12(11)17)13(19)18-15(14(20)21)7-3-1-2-4-8-15/h5-6,9H,1-4,7-8,17H2,(H,18,19)(H,20,21). The molecular formula is C15H19BrN2O3. The van der Waals surface area contributed by atoms with Crippen LogP contribution in [-0.2, 0) is 4.79 Å². The molecule has 0 aromatic heterocycles. The molecule has 1 saturated carbocycles. The molecule has 0 aliphatic heterocycles. The molecule has 0 unspecified atom stereocenters. The van der Waals surface area contributed by atoms with Crippen LogP contribution in [0.2, 0.25) is 0 Å². The highest BCUT2D eigenvalue weighted by Gasteiger charge is 2.40. The van der Waals surface area contributed by atoms with Gasteiger partial charge < -0.3 is 16.2 Å². The highest BCUT2D eigenvalue weighted by atomic mass is 79.9. The monoisotopic (exact) mass is 354 g/mol. The number of halogens is 1. The van der Waals surface area contributed by atoms with E-state index in [2.05, 4.69) is 21.2 Å². The van der Waals surface area contributed by atoms with E-state index in [0.717, 1.165) is 25.7 Å². The van der Waals surface area contributed by atoms with Gasteiger partial charge in [0.1, 0.15) is 5.54 Å². The molecule has 1 amide bonds.